The van der Waals surface area contributed by atoms with Crippen molar-refractivity contribution in [1.82, 2.24) is 0 Å². The van der Waals surface area contributed by atoms with Crippen molar-refractivity contribution in [3.8, 4) is 5.75 Å². The van der Waals surface area contributed by atoms with Crippen molar-refractivity contribution in [2.24, 2.45) is 0 Å². The summed E-state index contributed by atoms with van der Waals surface area (Å²) in [6.07, 6.45) is -0.388. The molecule has 5 nitrogen and oxygen atoms in total. The van der Waals surface area contributed by atoms with E-state index >= 15 is 0 Å². The Labute approximate surface area is 103 Å². The molecule has 0 radical (unpaired) electrons. The van der Waals surface area contributed by atoms with Gasteiger partial charge in [0.2, 0.25) is 0 Å². The van der Waals surface area contributed by atoms with E-state index in [0.29, 0.717) is 5.02 Å². The predicted octanol–water partition coefficient (Wildman–Crippen LogP) is 1.94. The van der Waals surface area contributed by atoms with Gasteiger partial charge >= 0.3 is 11.9 Å². The number of nitrogens with one attached hydrogen (secondary N) is 1. The average molecular weight is 258 g/mol. The summed E-state index contributed by atoms with van der Waals surface area (Å²) in [6, 6.07) is 4.10. The van der Waals surface area contributed by atoms with Crippen LogP contribution in [0.5, 0.6) is 5.75 Å². The molecule has 1 aromatic carbocycles. The number of benzene rings is 1. The Morgan fingerprint density at radius 2 is 2.06 bits per heavy atom. The molecule has 0 saturated carbocycles. The number of phenols is 1. The molecular weight excluding hydrogens is 246 g/mol. The number of esters is 1. The fraction of sp³-hybridized carbons (Fsp3) is 0.273. The van der Waals surface area contributed by atoms with Crippen molar-refractivity contribution in [3.05, 3.63) is 23.2 Å². The normalized spacial score (nSPS) is 10.1. The van der Waals surface area contributed by atoms with Crippen LogP contribution >= 0.6 is 11.6 Å². The zero-order valence-corrected chi connectivity index (χ0v) is 10.1. The zero-order chi connectivity index (χ0) is 13.0. The Hall–Kier alpha value is -1.75. The van der Waals surface area contributed by atoms with E-state index in [1.54, 1.807) is 13.8 Å². The maximum atomic E-state index is 11.4. The quantitative estimate of drug-likeness (QED) is 0.482. The Morgan fingerprint density at radius 3 is 2.65 bits per heavy atom. The fourth-order valence-corrected chi connectivity index (χ4v) is 1.22. The number of hydrogen-bond acceptors (Lipinski definition) is 4. The van der Waals surface area contributed by atoms with Crippen LogP contribution in [0.1, 0.15) is 13.8 Å². The number of ether oxygens (including phenoxy) is 1. The van der Waals surface area contributed by atoms with Gasteiger partial charge in [-0.2, -0.15) is 0 Å². The van der Waals surface area contributed by atoms with Gasteiger partial charge in [0.15, 0.2) is 0 Å². The number of aromatic hydroxyl groups is 1. The van der Waals surface area contributed by atoms with Crippen LogP contribution in [0.3, 0.4) is 0 Å². The maximum absolute atomic E-state index is 11.4. The largest absolute Gasteiger partial charge is 0.506 e. The van der Waals surface area contributed by atoms with Gasteiger partial charge in [-0.1, -0.05) is 11.6 Å². The minimum atomic E-state index is -1.01. The molecule has 17 heavy (non-hydrogen) atoms. The first kappa shape index (κ1) is 13.3. The number of anilines is 1. The van der Waals surface area contributed by atoms with Crippen LogP contribution in [0.15, 0.2) is 18.2 Å². The van der Waals surface area contributed by atoms with Gasteiger partial charge in [-0.05, 0) is 32.0 Å². The molecule has 1 aromatic rings. The number of carbonyl (C=O) groups is 2. The van der Waals surface area contributed by atoms with E-state index in [2.05, 4.69) is 10.1 Å². The molecule has 0 aliphatic heterocycles. The highest BCUT2D eigenvalue weighted by Crippen LogP contribution is 2.26. The Bertz CT molecular complexity index is 445. The van der Waals surface area contributed by atoms with Crippen LogP contribution in [0, 0.1) is 0 Å². The van der Waals surface area contributed by atoms with Gasteiger partial charge in [-0.3, -0.25) is 4.79 Å². The minimum absolute atomic E-state index is 0.0585. The van der Waals surface area contributed by atoms with Crippen LogP contribution in [0.25, 0.3) is 0 Å². The molecule has 0 saturated heterocycles. The van der Waals surface area contributed by atoms with Crippen molar-refractivity contribution in [2.75, 3.05) is 5.32 Å². The van der Waals surface area contributed by atoms with Crippen molar-refractivity contribution >= 4 is 29.2 Å². The molecule has 6 heteroatoms. The molecule has 0 heterocycles. The third kappa shape index (κ3) is 3.96. The first-order chi connectivity index (χ1) is 7.90. The number of halogens is 1. The SMILES string of the molecule is CC(C)OC(=O)C(=O)Nc1cc(Cl)ccc1O. The summed E-state index contributed by atoms with van der Waals surface area (Å²) in [5, 5.41) is 12.0. The van der Waals surface area contributed by atoms with E-state index in [1.165, 1.54) is 18.2 Å². The second kappa shape index (κ2) is 5.54. The van der Waals surface area contributed by atoms with Gasteiger partial charge < -0.3 is 15.2 Å². The number of rotatable bonds is 2. The topological polar surface area (TPSA) is 75.6 Å². The lowest BCUT2D eigenvalue weighted by molar-refractivity contribution is -0.155. The average Bonchev–Trinajstić information content (AvgIpc) is 2.22. The number of carbonyl (C=O) groups excluding carboxylic acids is 2. The van der Waals surface area contributed by atoms with Crippen LogP contribution < -0.4 is 5.32 Å². The zero-order valence-electron chi connectivity index (χ0n) is 9.36. The first-order valence-corrected chi connectivity index (χ1v) is 5.28. The van der Waals surface area contributed by atoms with E-state index in [4.69, 9.17) is 11.6 Å². The van der Waals surface area contributed by atoms with Gasteiger partial charge in [0.1, 0.15) is 5.75 Å². The van der Waals surface area contributed by atoms with Crippen LogP contribution in [0.4, 0.5) is 5.69 Å². The van der Waals surface area contributed by atoms with Gasteiger partial charge in [0.25, 0.3) is 0 Å². The monoisotopic (exact) mass is 257 g/mol. The Kier molecular flexibility index (Phi) is 4.34. The predicted molar refractivity (Wildman–Crippen MR) is 63.0 cm³/mol. The number of hydrogen-bond donors (Lipinski definition) is 2. The molecule has 0 atom stereocenters. The molecule has 92 valence electrons. The first-order valence-electron chi connectivity index (χ1n) is 4.90. The summed E-state index contributed by atoms with van der Waals surface area (Å²) in [6.45, 7) is 3.25. The molecule has 0 fully saturated rings. The molecule has 2 N–H and O–H groups in total. The number of amides is 1. The second-order valence-corrected chi connectivity index (χ2v) is 4.01. The molecule has 0 aromatic heterocycles. The van der Waals surface area contributed by atoms with Crippen molar-refractivity contribution < 1.29 is 19.4 Å². The summed E-state index contributed by atoms with van der Waals surface area (Å²) in [7, 11) is 0. The van der Waals surface area contributed by atoms with Gasteiger partial charge in [-0.15, -0.1) is 0 Å². The highest BCUT2D eigenvalue weighted by atomic mass is 35.5. The molecule has 0 bridgehead atoms. The fourth-order valence-electron chi connectivity index (χ4n) is 1.05. The van der Waals surface area contributed by atoms with E-state index in [9.17, 15) is 14.7 Å². The Morgan fingerprint density at radius 1 is 1.41 bits per heavy atom. The molecule has 1 rings (SSSR count). The third-order valence-electron chi connectivity index (χ3n) is 1.73. The van der Waals surface area contributed by atoms with Gasteiger partial charge in [0, 0.05) is 5.02 Å². The summed E-state index contributed by atoms with van der Waals surface area (Å²) in [4.78, 5) is 22.6. The molecule has 1 amide bonds. The van der Waals surface area contributed by atoms with E-state index < -0.39 is 11.9 Å². The van der Waals surface area contributed by atoms with Crippen molar-refractivity contribution in [2.45, 2.75) is 20.0 Å². The highest BCUT2D eigenvalue weighted by molar-refractivity contribution is 6.37. The minimum Gasteiger partial charge on any atom is -0.506 e. The highest BCUT2D eigenvalue weighted by Gasteiger charge is 2.18. The molecule has 0 aliphatic rings. The van der Waals surface area contributed by atoms with Crippen LogP contribution in [-0.4, -0.2) is 23.1 Å². The van der Waals surface area contributed by atoms with Gasteiger partial charge in [0.05, 0.1) is 11.8 Å². The van der Waals surface area contributed by atoms with Crippen molar-refractivity contribution in [3.63, 3.8) is 0 Å². The smallest absolute Gasteiger partial charge is 0.397 e. The van der Waals surface area contributed by atoms with Crippen LogP contribution in [0.2, 0.25) is 5.02 Å². The summed E-state index contributed by atoms with van der Waals surface area (Å²) >= 11 is 5.69. The van der Waals surface area contributed by atoms with E-state index in [-0.39, 0.29) is 17.5 Å². The molecule has 0 aliphatic carbocycles. The van der Waals surface area contributed by atoms with Crippen LogP contribution in [-0.2, 0) is 14.3 Å². The van der Waals surface area contributed by atoms with Crippen molar-refractivity contribution in [1.29, 1.82) is 0 Å². The van der Waals surface area contributed by atoms with E-state index in [0.717, 1.165) is 0 Å². The molecule has 0 unspecified atom stereocenters. The van der Waals surface area contributed by atoms with Gasteiger partial charge in [-0.25, -0.2) is 4.79 Å². The lowest BCUT2D eigenvalue weighted by Gasteiger charge is -2.09. The summed E-state index contributed by atoms with van der Waals surface area (Å²) in [5.41, 5.74) is 0.0585. The number of phenolic OH excluding ortho intramolecular Hbond substituents is 1. The lowest BCUT2D eigenvalue weighted by atomic mass is 10.3. The standard InChI is InChI=1S/C11H12ClNO4/c1-6(2)17-11(16)10(15)13-8-5-7(12)3-4-9(8)14/h3-6,14H,1-2H3,(H,13,15). The Balaban J connectivity index is 2.74. The third-order valence-corrected chi connectivity index (χ3v) is 1.97. The summed E-state index contributed by atoms with van der Waals surface area (Å²) in [5.74, 6) is -2.16. The van der Waals surface area contributed by atoms with E-state index in [1.807, 2.05) is 0 Å². The molecule has 0 spiro atoms. The maximum Gasteiger partial charge on any atom is 0.397 e. The second-order valence-electron chi connectivity index (χ2n) is 3.57. The summed E-state index contributed by atoms with van der Waals surface area (Å²) < 4.78 is 4.69. The molecular formula is C11H12ClNO4. The lowest BCUT2D eigenvalue weighted by Crippen LogP contribution is -2.27.